The maximum Gasteiger partial charge on any atom is 0.351 e. The van der Waals surface area contributed by atoms with Gasteiger partial charge in [-0.3, -0.25) is 24.0 Å². The zero-order chi connectivity index (χ0) is 38.0. The van der Waals surface area contributed by atoms with Gasteiger partial charge in [-0.1, -0.05) is 0 Å². The van der Waals surface area contributed by atoms with Gasteiger partial charge < -0.3 is 29.2 Å². The molecule has 2 N–H and O–H groups in total. The van der Waals surface area contributed by atoms with E-state index in [1.807, 2.05) is 16.7 Å². The number of fused-ring (bicyclic) bond motifs is 2. The Kier molecular flexibility index (Phi) is 9.23. The number of carbonyl (C=O) groups is 2. The first-order valence-corrected chi connectivity index (χ1v) is 18.4. The molecule has 4 aliphatic rings. The molecular formula is C36H35F2N7O8S. The number of aliphatic imine (C=N–C) groups is 1. The first-order chi connectivity index (χ1) is 26.0. The number of thioether (sulfide) groups is 1. The van der Waals surface area contributed by atoms with E-state index in [1.165, 1.54) is 65.0 Å². The van der Waals surface area contributed by atoms with Crippen LogP contribution in [0.5, 0.6) is 5.75 Å². The number of hydrogen-bond acceptors (Lipinski definition) is 12. The standard InChI is InChI=1S/C36H35F2N7O8S/c1-18-13-41(31-24(38)12-22-30(33(31)52-2)44(20-4-5-20)14-23(32(22)47)35(49)50)9-10-42(18)17-45-25-6-3-19(37)11-21(25)29(34(45)48)39-26-7-8-43(36(51)40-26)27-16-54-28(15-46)53-27/h3,6-8,11-12,14,18,20,27-28,46H,4-5,9-10,13,15-17H2,1-2H3,(H,49,50). The van der Waals surface area contributed by atoms with Crippen LogP contribution in [0, 0.1) is 11.6 Å². The SMILES string of the molecule is COc1c(N2CCN(CN3C(=O)C(=Nc4ccn(C5CSC(CO)O5)c(=O)n4)c4cc(F)ccc43)C(C)C2)c(F)cc2c(=O)c(C(=O)O)cn(C3CC3)c12. The van der Waals surface area contributed by atoms with Gasteiger partial charge in [0.05, 0.1) is 37.0 Å². The van der Waals surface area contributed by atoms with Crippen molar-refractivity contribution in [2.24, 2.45) is 4.99 Å². The van der Waals surface area contributed by atoms with Crippen molar-refractivity contribution < 1.29 is 38.1 Å². The molecule has 1 amide bonds. The van der Waals surface area contributed by atoms with E-state index in [0.29, 0.717) is 36.6 Å². The number of amides is 1. The topological polar surface area (TPSA) is 172 Å². The molecule has 2 aromatic carbocycles. The summed E-state index contributed by atoms with van der Waals surface area (Å²) in [4.78, 5) is 65.6. The summed E-state index contributed by atoms with van der Waals surface area (Å²) < 4.78 is 45.0. The summed E-state index contributed by atoms with van der Waals surface area (Å²) in [5.74, 6) is -2.66. The van der Waals surface area contributed by atoms with Crippen LogP contribution in [0.25, 0.3) is 10.9 Å². The molecule has 2 aromatic heterocycles. The molecule has 5 heterocycles. The van der Waals surface area contributed by atoms with Gasteiger partial charge in [0.2, 0.25) is 5.43 Å². The number of halogens is 2. The highest BCUT2D eigenvalue weighted by Gasteiger charge is 2.39. The van der Waals surface area contributed by atoms with E-state index in [4.69, 9.17) is 9.47 Å². The first kappa shape index (κ1) is 35.8. The number of carboxylic acid groups (broad SMARTS) is 1. The Morgan fingerprint density at radius 1 is 1.13 bits per heavy atom. The number of piperazine rings is 1. The second-order valence-corrected chi connectivity index (χ2v) is 14.8. The summed E-state index contributed by atoms with van der Waals surface area (Å²) in [5, 5.41) is 19.0. The zero-order valence-electron chi connectivity index (χ0n) is 29.1. The van der Waals surface area contributed by atoms with Gasteiger partial charge in [-0.2, -0.15) is 4.98 Å². The summed E-state index contributed by atoms with van der Waals surface area (Å²) in [6.45, 7) is 2.82. The fourth-order valence-corrected chi connectivity index (χ4v) is 8.26. The number of rotatable bonds is 9. The number of anilines is 2. The lowest BCUT2D eigenvalue weighted by Gasteiger charge is -2.42. The number of carbonyl (C=O) groups excluding carboxylic acids is 1. The third kappa shape index (κ3) is 6.21. The number of methoxy groups -OCH3 is 1. The fourth-order valence-electron chi connectivity index (χ4n) is 7.33. The lowest BCUT2D eigenvalue weighted by atomic mass is 10.1. The Bertz CT molecular complexity index is 2370. The largest absolute Gasteiger partial charge is 0.492 e. The van der Waals surface area contributed by atoms with Crippen molar-refractivity contribution in [2.75, 3.05) is 55.6 Å². The van der Waals surface area contributed by atoms with E-state index in [9.17, 15) is 33.8 Å². The van der Waals surface area contributed by atoms with Crippen LogP contribution < -0.4 is 25.7 Å². The average Bonchev–Trinajstić information content (AvgIpc) is 3.83. The highest BCUT2D eigenvalue weighted by atomic mass is 32.2. The predicted molar refractivity (Wildman–Crippen MR) is 195 cm³/mol. The van der Waals surface area contributed by atoms with Crippen molar-refractivity contribution in [3.8, 4) is 5.75 Å². The number of aliphatic hydroxyl groups excluding tert-OH is 1. The maximum atomic E-state index is 16.0. The average molecular weight is 764 g/mol. The molecular weight excluding hydrogens is 728 g/mol. The summed E-state index contributed by atoms with van der Waals surface area (Å²) in [6.07, 6.45) is 3.71. The molecule has 1 aliphatic carbocycles. The summed E-state index contributed by atoms with van der Waals surface area (Å²) in [7, 11) is 1.39. The third-order valence-electron chi connectivity index (χ3n) is 10.2. The number of carboxylic acids is 1. The van der Waals surface area contributed by atoms with Gasteiger partial charge in [0.1, 0.15) is 34.4 Å². The highest BCUT2D eigenvalue weighted by Crippen LogP contribution is 2.44. The second-order valence-electron chi connectivity index (χ2n) is 13.6. The van der Waals surface area contributed by atoms with Gasteiger partial charge in [0.15, 0.2) is 17.4 Å². The minimum atomic E-state index is -1.39. The minimum absolute atomic E-state index is 0.0411. The Morgan fingerprint density at radius 3 is 2.59 bits per heavy atom. The number of nitrogens with zero attached hydrogens (tertiary/aromatic N) is 7. The number of aromatic carboxylic acids is 1. The van der Waals surface area contributed by atoms with Crippen LogP contribution in [0.15, 0.2) is 57.3 Å². The number of benzene rings is 2. The van der Waals surface area contributed by atoms with E-state index in [2.05, 4.69) is 9.98 Å². The van der Waals surface area contributed by atoms with E-state index in [-0.39, 0.29) is 59.3 Å². The Balaban J connectivity index is 1.05. The number of hydrogen-bond donors (Lipinski definition) is 2. The van der Waals surface area contributed by atoms with E-state index in [0.717, 1.165) is 18.9 Å². The second kappa shape index (κ2) is 13.9. The van der Waals surface area contributed by atoms with E-state index < -0.39 is 51.9 Å². The van der Waals surface area contributed by atoms with Gasteiger partial charge in [-0.15, -0.1) is 11.8 Å². The zero-order valence-corrected chi connectivity index (χ0v) is 30.0. The monoisotopic (exact) mass is 763 g/mol. The van der Waals surface area contributed by atoms with Crippen molar-refractivity contribution in [3.05, 3.63) is 86.2 Å². The molecule has 0 bridgehead atoms. The predicted octanol–water partition coefficient (Wildman–Crippen LogP) is 3.09. The number of ether oxygens (including phenoxy) is 2. The number of aromatic nitrogens is 3. The molecule has 18 heteroatoms. The van der Waals surface area contributed by atoms with Gasteiger partial charge in [-0.05, 0) is 50.1 Å². The van der Waals surface area contributed by atoms with Crippen LogP contribution in [0.4, 0.5) is 26.0 Å². The van der Waals surface area contributed by atoms with Crippen molar-refractivity contribution in [1.29, 1.82) is 0 Å². The molecule has 282 valence electrons. The molecule has 15 nitrogen and oxygen atoms in total. The molecule has 3 atom stereocenters. The van der Waals surface area contributed by atoms with Crippen LogP contribution in [-0.4, -0.2) is 104 Å². The lowest BCUT2D eigenvalue weighted by Crippen LogP contribution is -2.55. The molecule has 3 unspecified atom stereocenters. The number of pyridine rings is 1. The van der Waals surface area contributed by atoms with Crippen molar-refractivity contribution in [2.45, 2.75) is 43.5 Å². The minimum Gasteiger partial charge on any atom is -0.492 e. The fraction of sp³-hybridized carbons (Fsp3) is 0.389. The first-order valence-electron chi connectivity index (χ1n) is 17.3. The van der Waals surface area contributed by atoms with Crippen LogP contribution >= 0.6 is 11.8 Å². The van der Waals surface area contributed by atoms with Gasteiger partial charge in [0.25, 0.3) is 5.91 Å². The van der Waals surface area contributed by atoms with Gasteiger partial charge in [0, 0.05) is 55.4 Å². The summed E-state index contributed by atoms with van der Waals surface area (Å²) in [5.41, 5.74) is -1.25. The van der Waals surface area contributed by atoms with Crippen molar-refractivity contribution >= 4 is 57.4 Å². The van der Waals surface area contributed by atoms with Crippen molar-refractivity contribution in [1.82, 2.24) is 19.0 Å². The smallest absolute Gasteiger partial charge is 0.351 e. The lowest BCUT2D eigenvalue weighted by molar-refractivity contribution is -0.112. The normalized spacial score (nSPS) is 22.4. The molecule has 2 saturated heterocycles. The summed E-state index contributed by atoms with van der Waals surface area (Å²) >= 11 is 1.37. The van der Waals surface area contributed by atoms with Crippen LogP contribution in [0.3, 0.4) is 0 Å². The quantitative estimate of drug-likeness (QED) is 0.256. The van der Waals surface area contributed by atoms with Crippen LogP contribution in [-0.2, 0) is 9.53 Å². The van der Waals surface area contributed by atoms with Crippen LogP contribution in [0.2, 0.25) is 0 Å². The molecule has 3 aliphatic heterocycles. The molecule has 54 heavy (non-hydrogen) atoms. The van der Waals surface area contributed by atoms with Crippen LogP contribution in [0.1, 0.15) is 48.0 Å². The Labute approximate surface area is 310 Å². The molecule has 8 rings (SSSR count). The number of aliphatic hydroxyl groups is 1. The Hall–Kier alpha value is -5.17. The summed E-state index contributed by atoms with van der Waals surface area (Å²) in [6, 6.07) is 6.21. The van der Waals surface area contributed by atoms with Gasteiger partial charge in [-0.25, -0.2) is 23.4 Å². The van der Waals surface area contributed by atoms with E-state index in [1.54, 1.807) is 4.57 Å². The molecule has 0 spiro atoms. The Morgan fingerprint density at radius 2 is 1.93 bits per heavy atom. The third-order valence-corrected chi connectivity index (χ3v) is 11.3. The van der Waals surface area contributed by atoms with E-state index >= 15 is 4.39 Å². The maximum absolute atomic E-state index is 16.0. The molecule has 4 aromatic rings. The van der Waals surface area contributed by atoms with Gasteiger partial charge >= 0.3 is 11.7 Å². The molecule has 0 radical (unpaired) electrons. The molecule has 1 saturated carbocycles. The van der Waals surface area contributed by atoms with Crippen molar-refractivity contribution in [3.63, 3.8) is 0 Å². The highest BCUT2D eigenvalue weighted by molar-refractivity contribution is 8.00. The molecule has 3 fully saturated rings.